The first-order valence-corrected chi connectivity index (χ1v) is 7.66. The van der Waals surface area contributed by atoms with Crippen molar-refractivity contribution >= 4 is 29.6 Å². The SMILES string of the molecule is C=CCN1C(=O)C(=Cc2ccccc2Cl)C(C(=O)OCC)=C1C. The van der Waals surface area contributed by atoms with Crippen LogP contribution in [-0.2, 0) is 14.3 Å². The van der Waals surface area contributed by atoms with E-state index in [-0.39, 0.29) is 23.7 Å². The average Bonchev–Trinajstić information content (AvgIpc) is 2.75. The van der Waals surface area contributed by atoms with E-state index in [0.717, 1.165) is 0 Å². The lowest BCUT2D eigenvalue weighted by molar-refractivity contribution is -0.138. The number of hydrogen-bond acceptors (Lipinski definition) is 3. The predicted octanol–water partition coefficient (Wildman–Crippen LogP) is 3.59. The van der Waals surface area contributed by atoms with E-state index in [1.54, 1.807) is 44.2 Å². The van der Waals surface area contributed by atoms with Gasteiger partial charge in [0.2, 0.25) is 0 Å². The minimum absolute atomic E-state index is 0.241. The molecule has 1 heterocycles. The lowest BCUT2D eigenvalue weighted by Gasteiger charge is -2.14. The molecule has 1 aliphatic heterocycles. The van der Waals surface area contributed by atoms with Crippen molar-refractivity contribution < 1.29 is 14.3 Å². The third kappa shape index (κ3) is 3.37. The summed E-state index contributed by atoms with van der Waals surface area (Å²) in [6.45, 7) is 7.67. The smallest absolute Gasteiger partial charge is 0.340 e. The van der Waals surface area contributed by atoms with E-state index in [1.165, 1.54) is 4.90 Å². The van der Waals surface area contributed by atoms with Gasteiger partial charge in [0.25, 0.3) is 5.91 Å². The zero-order valence-electron chi connectivity index (χ0n) is 13.1. The fourth-order valence-electron chi connectivity index (χ4n) is 2.43. The van der Waals surface area contributed by atoms with Gasteiger partial charge >= 0.3 is 5.97 Å². The molecule has 0 aromatic heterocycles. The molecule has 0 spiro atoms. The molecule has 0 saturated carbocycles. The number of hydrogen-bond donors (Lipinski definition) is 0. The highest BCUT2D eigenvalue weighted by Crippen LogP contribution is 2.32. The van der Waals surface area contributed by atoms with Crippen molar-refractivity contribution in [2.24, 2.45) is 0 Å². The van der Waals surface area contributed by atoms with Gasteiger partial charge < -0.3 is 9.64 Å². The molecular weight excluding hydrogens is 314 g/mol. The zero-order chi connectivity index (χ0) is 17.0. The molecule has 0 aliphatic carbocycles. The molecule has 120 valence electrons. The number of benzene rings is 1. The normalized spacial score (nSPS) is 16.2. The highest BCUT2D eigenvalue weighted by atomic mass is 35.5. The summed E-state index contributed by atoms with van der Waals surface area (Å²) < 4.78 is 5.09. The van der Waals surface area contributed by atoms with Crippen LogP contribution >= 0.6 is 11.6 Å². The van der Waals surface area contributed by atoms with Crippen molar-refractivity contribution in [2.75, 3.05) is 13.2 Å². The highest BCUT2D eigenvalue weighted by Gasteiger charge is 2.36. The van der Waals surface area contributed by atoms with Gasteiger partial charge in [-0.15, -0.1) is 6.58 Å². The zero-order valence-corrected chi connectivity index (χ0v) is 13.9. The molecule has 1 aromatic rings. The molecule has 4 nitrogen and oxygen atoms in total. The molecule has 2 rings (SSSR count). The summed E-state index contributed by atoms with van der Waals surface area (Å²) in [6, 6.07) is 7.14. The second-order valence-corrected chi connectivity index (χ2v) is 5.37. The first-order valence-electron chi connectivity index (χ1n) is 7.28. The summed E-state index contributed by atoms with van der Waals surface area (Å²) in [5.74, 6) is -0.770. The van der Waals surface area contributed by atoms with Crippen LogP contribution in [0.4, 0.5) is 0 Å². The molecule has 0 N–H and O–H groups in total. The van der Waals surface area contributed by atoms with E-state index in [4.69, 9.17) is 16.3 Å². The van der Waals surface area contributed by atoms with Crippen molar-refractivity contribution in [3.8, 4) is 0 Å². The number of carbonyl (C=O) groups is 2. The van der Waals surface area contributed by atoms with Gasteiger partial charge in [-0.3, -0.25) is 4.79 Å². The number of carbonyl (C=O) groups excluding carboxylic acids is 2. The summed E-state index contributed by atoms with van der Waals surface area (Å²) in [5, 5.41) is 0.510. The maximum Gasteiger partial charge on any atom is 0.340 e. The van der Waals surface area contributed by atoms with Crippen LogP contribution in [0.25, 0.3) is 6.08 Å². The first-order chi connectivity index (χ1) is 11.0. The Morgan fingerprint density at radius 2 is 2.09 bits per heavy atom. The fourth-order valence-corrected chi connectivity index (χ4v) is 2.62. The van der Waals surface area contributed by atoms with E-state index in [9.17, 15) is 9.59 Å². The van der Waals surface area contributed by atoms with Crippen LogP contribution in [0.5, 0.6) is 0 Å². The van der Waals surface area contributed by atoms with Crippen molar-refractivity contribution in [2.45, 2.75) is 13.8 Å². The van der Waals surface area contributed by atoms with Crippen LogP contribution in [0, 0.1) is 0 Å². The Kier molecular flexibility index (Phi) is 5.40. The third-order valence-electron chi connectivity index (χ3n) is 3.51. The third-order valence-corrected chi connectivity index (χ3v) is 3.85. The van der Waals surface area contributed by atoms with Crippen molar-refractivity contribution in [1.29, 1.82) is 0 Å². The van der Waals surface area contributed by atoms with E-state index in [1.807, 2.05) is 6.07 Å². The van der Waals surface area contributed by atoms with Gasteiger partial charge in [0.05, 0.1) is 17.8 Å². The molecule has 1 aromatic carbocycles. The van der Waals surface area contributed by atoms with Gasteiger partial charge in [-0.25, -0.2) is 4.79 Å². The minimum Gasteiger partial charge on any atom is -0.462 e. The van der Waals surface area contributed by atoms with Crippen LogP contribution in [0.1, 0.15) is 19.4 Å². The first kappa shape index (κ1) is 17.0. The molecule has 23 heavy (non-hydrogen) atoms. The summed E-state index contributed by atoms with van der Waals surface area (Å²) >= 11 is 6.15. The van der Waals surface area contributed by atoms with Crippen molar-refractivity contribution in [3.05, 3.63) is 64.3 Å². The number of ether oxygens (including phenoxy) is 1. The number of allylic oxidation sites excluding steroid dienone is 1. The molecule has 0 saturated heterocycles. The standard InChI is InChI=1S/C18H18ClNO3/c1-4-10-20-12(3)16(18(22)23-5-2)14(17(20)21)11-13-8-6-7-9-15(13)19/h4,6-9,11H,1,5,10H2,2-3H3. The molecule has 0 radical (unpaired) electrons. The summed E-state index contributed by atoms with van der Waals surface area (Å²) in [7, 11) is 0. The van der Waals surface area contributed by atoms with Crippen LogP contribution < -0.4 is 0 Å². The molecule has 0 atom stereocenters. The van der Waals surface area contributed by atoms with E-state index in [0.29, 0.717) is 22.8 Å². The van der Waals surface area contributed by atoms with Crippen LogP contribution in [0.3, 0.4) is 0 Å². The highest BCUT2D eigenvalue weighted by molar-refractivity contribution is 6.32. The maximum atomic E-state index is 12.7. The molecule has 1 amide bonds. The van der Waals surface area contributed by atoms with E-state index >= 15 is 0 Å². The summed E-state index contributed by atoms with van der Waals surface area (Å²) in [4.78, 5) is 26.4. The van der Waals surface area contributed by atoms with Gasteiger partial charge in [-0.1, -0.05) is 35.9 Å². The Balaban J connectivity index is 2.55. The summed E-state index contributed by atoms with van der Waals surface area (Å²) in [5.41, 5.74) is 1.80. The fraction of sp³-hybridized carbons (Fsp3) is 0.222. The second-order valence-electron chi connectivity index (χ2n) is 4.96. The number of amides is 1. The molecular formula is C18H18ClNO3. The molecule has 1 aliphatic rings. The quantitative estimate of drug-likeness (QED) is 0.470. The molecule has 5 heteroatoms. The molecule has 0 unspecified atom stereocenters. The molecule has 0 fully saturated rings. The largest absolute Gasteiger partial charge is 0.462 e. The predicted molar refractivity (Wildman–Crippen MR) is 90.7 cm³/mol. The Labute approximate surface area is 140 Å². The maximum absolute atomic E-state index is 12.7. The minimum atomic E-state index is -0.511. The van der Waals surface area contributed by atoms with Crippen LogP contribution in [-0.4, -0.2) is 29.9 Å². The number of halogens is 1. The van der Waals surface area contributed by atoms with E-state index in [2.05, 4.69) is 6.58 Å². The van der Waals surface area contributed by atoms with Gasteiger partial charge in [0.15, 0.2) is 0 Å². The number of rotatable bonds is 5. The van der Waals surface area contributed by atoms with E-state index < -0.39 is 5.97 Å². The topological polar surface area (TPSA) is 46.6 Å². The lowest BCUT2D eigenvalue weighted by atomic mass is 10.0. The monoisotopic (exact) mass is 331 g/mol. The van der Waals surface area contributed by atoms with Gasteiger partial charge in [0.1, 0.15) is 0 Å². The number of esters is 1. The van der Waals surface area contributed by atoms with Crippen molar-refractivity contribution in [1.82, 2.24) is 4.90 Å². The average molecular weight is 332 g/mol. The second kappa shape index (κ2) is 7.29. The van der Waals surface area contributed by atoms with Crippen LogP contribution in [0.2, 0.25) is 5.02 Å². The van der Waals surface area contributed by atoms with Gasteiger partial charge in [0, 0.05) is 17.3 Å². The van der Waals surface area contributed by atoms with Crippen LogP contribution in [0.15, 0.2) is 53.8 Å². The molecule has 0 bridgehead atoms. The van der Waals surface area contributed by atoms with Gasteiger partial charge in [-0.2, -0.15) is 0 Å². The Morgan fingerprint density at radius 1 is 1.39 bits per heavy atom. The van der Waals surface area contributed by atoms with Crippen molar-refractivity contribution in [3.63, 3.8) is 0 Å². The van der Waals surface area contributed by atoms with Gasteiger partial charge in [-0.05, 0) is 31.6 Å². The Bertz CT molecular complexity index is 719. The number of nitrogens with zero attached hydrogens (tertiary/aromatic N) is 1. The Hall–Kier alpha value is -2.33. The lowest BCUT2D eigenvalue weighted by Crippen LogP contribution is -2.25. The Morgan fingerprint density at radius 3 is 2.70 bits per heavy atom. The summed E-state index contributed by atoms with van der Waals surface area (Å²) in [6.07, 6.45) is 3.24.